The molecule has 0 aliphatic heterocycles. The van der Waals surface area contributed by atoms with Crippen LogP contribution < -0.4 is 0 Å². The van der Waals surface area contributed by atoms with Gasteiger partial charge in [0.2, 0.25) is 0 Å². The molecule has 1 aliphatic rings. The van der Waals surface area contributed by atoms with Crippen molar-refractivity contribution in [1.82, 2.24) is 0 Å². The van der Waals surface area contributed by atoms with Gasteiger partial charge < -0.3 is 4.74 Å². The minimum atomic E-state index is -0.0851. The second kappa shape index (κ2) is 3.69. The third kappa shape index (κ3) is 1.54. The summed E-state index contributed by atoms with van der Waals surface area (Å²) in [5, 5.41) is 0. The van der Waals surface area contributed by atoms with Crippen molar-refractivity contribution in [3.63, 3.8) is 0 Å². The fourth-order valence-electron chi connectivity index (χ4n) is 2.48. The van der Waals surface area contributed by atoms with Crippen molar-refractivity contribution in [2.24, 2.45) is 5.92 Å². The number of carbonyl (C=O) groups is 1. The Bertz CT molecular complexity index is 396. The summed E-state index contributed by atoms with van der Waals surface area (Å²) < 4.78 is 4.84. The van der Waals surface area contributed by atoms with Gasteiger partial charge in [-0.1, -0.05) is 25.1 Å². The van der Waals surface area contributed by atoms with E-state index in [-0.39, 0.29) is 17.8 Å². The fraction of sp³-hybridized carbons (Fsp3) is 0.462. The molecule has 0 heterocycles. The van der Waals surface area contributed by atoms with Crippen LogP contribution in [-0.2, 0) is 16.0 Å². The summed E-state index contributed by atoms with van der Waals surface area (Å²) in [6.07, 6.45) is 0.829. The highest BCUT2D eigenvalue weighted by Gasteiger charge is 2.35. The largest absolute Gasteiger partial charge is 0.469 e. The molecule has 1 aromatic rings. The molecule has 0 bridgehead atoms. The van der Waals surface area contributed by atoms with E-state index in [1.165, 1.54) is 23.8 Å². The van der Waals surface area contributed by atoms with Crippen molar-refractivity contribution in [3.8, 4) is 0 Å². The molecule has 0 amide bonds. The van der Waals surface area contributed by atoms with Gasteiger partial charge in [-0.25, -0.2) is 0 Å². The van der Waals surface area contributed by atoms with Crippen molar-refractivity contribution < 1.29 is 9.53 Å². The van der Waals surface area contributed by atoms with Gasteiger partial charge in [0.1, 0.15) is 0 Å². The monoisotopic (exact) mass is 204 g/mol. The Morgan fingerprint density at radius 3 is 2.80 bits per heavy atom. The van der Waals surface area contributed by atoms with Gasteiger partial charge in [-0.15, -0.1) is 0 Å². The van der Waals surface area contributed by atoms with Crippen LogP contribution in [0.25, 0.3) is 0 Å². The number of fused-ring (bicyclic) bond motifs is 1. The van der Waals surface area contributed by atoms with Crippen LogP contribution in [0.2, 0.25) is 0 Å². The molecule has 0 saturated heterocycles. The smallest absolute Gasteiger partial charge is 0.309 e. The summed E-state index contributed by atoms with van der Waals surface area (Å²) in [5.41, 5.74) is 3.93. The molecule has 2 heteroatoms. The average molecular weight is 204 g/mol. The molecule has 15 heavy (non-hydrogen) atoms. The van der Waals surface area contributed by atoms with Gasteiger partial charge in [-0.05, 0) is 36.0 Å². The lowest BCUT2D eigenvalue weighted by atomic mass is 9.95. The van der Waals surface area contributed by atoms with Crippen LogP contribution in [0.4, 0.5) is 0 Å². The van der Waals surface area contributed by atoms with Crippen molar-refractivity contribution >= 4 is 5.97 Å². The molecule has 0 aromatic heterocycles. The summed E-state index contributed by atoms with van der Waals surface area (Å²) in [6.45, 7) is 4.21. The quantitative estimate of drug-likeness (QED) is 0.657. The van der Waals surface area contributed by atoms with Crippen molar-refractivity contribution in [1.29, 1.82) is 0 Å². The molecule has 1 aliphatic carbocycles. The minimum Gasteiger partial charge on any atom is -0.469 e. The van der Waals surface area contributed by atoms with E-state index in [1.807, 2.05) is 0 Å². The first-order chi connectivity index (χ1) is 7.15. The van der Waals surface area contributed by atoms with Gasteiger partial charge >= 0.3 is 5.97 Å². The maximum atomic E-state index is 11.6. The van der Waals surface area contributed by atoms with Crippen molar-refractivity contribution in [2.45, 2.75) is 26.2 Å². The van der Waals surface area contributed by atoms with E-state index in [4.69, 9.17) is 4.74 Å². The van der Waals surface area contributed by atoms with E-state index in [0.29, 0.717) is 0 Å². The van der Waals surface area contributed by atoms with Gasteiger partial charge in [0.25, 0.3) is 0 Å². The van der Waals surface area contributed by atoms with E-state index in [9.17, 15) is 4.79 Å². The topological polar surface area (TPSA) is 26.3 Å². The number of hydrogen-bond acceptors (Lipinski definition) is 2. The number of benzene rings is 1. The normalized spacial score (nSPS) is 23.7. The summed E-state index contributed by atoms with van der Waals surface area (Å²) in [6, 6.07) is 6.28. The van der Waals surface area contributed by atoms with Crippen LogP contribution in [0.3, 0.4) is 0 Å². The van der Waals surface area contributed by atoms with Gasteiger partial charge in [0.15, 0.2) is 0 Å². The van der Waals surface area contributed by atoms with Crippen LogP contribution in [0, 0.1) is 12.8 Å². The third-order valence-corrected chi connectivity index (χ3v) is 3.47. The highest BCUT2D eigenvalue weighted by atomic mass is 16.5. The Morgan fingerprint density at radius 1 is 1.47 bits per heavy atom. The Morgan fingerprint density at radius 2 is 2.20 bits per heavy atom. The molecule has 1 aromatic carbocycles. The molecule has 2 atom stereocenters. The van der Waals surface area contributed by atoms with Crippen LogP contribution in [0.1, 0.15) is 29.5 Å². The molecular formula is C13H16O2. The second-order valence-corrected chi connectivity index (χ2v) is 4.27. The van der Waals surface area contributed by atoms with Crippen molar-refractivity contribution in [3.05, 3.63) is 34.9 Å². The van der Waals surface area contributed by atoms with Crippen LogP contribution in [0.15, 0.2) is 18.2 Å². The Kier molecular flexibility index (Phi) is 2.51. The van der Waals surface area contributed by atoms with Crippen LogP contribution >= 0.6 is 0 Å². The van der Waals surface area contributed by atoms with E-state index in [0.717, 1.165) is 6.42 Å². The molecule has 0 spiro atoms. The van der Waals surface area contributed by atoms with E-state index in [2.05, 4.69) is 32.0 Å². The Hall–Kier alpha value is -1.31. The molecule has 2 rings (SSSR count). The van der Waals surface area contributed by atoms with Gasteiger partial charge in [-0.3, -0.25) is 4.79 Å². The molecule has 0 radical (unpaired) electrons. The average Bonchev–Trinajstić information content (AvgIpc) is 2.57. The number of ether oxygens (including phenoxy) is 1. The zero-order valence-electron chi connectivity index (χ0n) is 9.41. The molecular weight excluding hydrogens is 188 g/mol. The number of rotatable bonds is 1. The Labute approximate surface area is 90.3 Å². The summed E-state index contributed by atoms with van der Waals surface area (Å²) >= 11 is 0. The lowest BCUT2D eigenvalue weighted by Gasteiger charge is -2.12. The highest BCUT2D eigenvalue weighted by molar-refractivity contribution is 5.75. The number of methoxy groups -OCH3 is 1. The van der Waals surface area contributed by atoms with Crippen molar-refractivity contribution in [2.75, 3.05) is 7.11 Å². The summed E-state index contributed by atoms with van der Waals surface area (Å²) in [7, 11) is 1.46. The lowest BCUT2D eigenvalue weighted by Crippen LogP contribution is -2.18. The zero-order chi connectivity index (χ0) is 11.0. The highest BCUT2D eigenvalue weighted by Crippen LogP contribution is 2.39. The number of aryl methyl sites for hydroxylation is 1. The molecule has 0 saturated carbocycles. The first-order valence-electron chi connectivity index (χ1n) is 5.31. The zero-order valence-corrected chi connectivity index (χ0v) is 9.41. The predicted octanol–water partition coefficient (Wildman–Crippen LogP) is 2.44. The van der Waals surface area contributed by atoms with E-state index in [1.54, 1.807) is 0 Å². The van der Waals surface area contributed by atoms with Gasteiger partial charge in [-0.2, -0.15) is 0 Å². The van der Waals surface area contributed by atoms with E-state index < -0.39 is 0 Å². The number of hydrogen-bond donors (Lipinski definition) is 0. The fourth-order valence-corrected chi connectivity index (χ4v) is 2.48. The van der Waals surface area contributed by atoms with Gasteiger partial charge in [0.05, 0.1) is 13.0 Å². The first kappa shape index (κ1) is 10.2. The minimum absolute atomic E-state index is 0.00565. The lowest BCUT2D eigenvalue weighted by molar-refractivity contribution is -0.145. The SMILES string of the molecule is COC(=O)[C@@H]1Cc2c(C)cccc2[C@H]1C. The molecule has 0 N–H and O–H groups in total. The molecule has 2 nitrogen and oxygen atoms in total. The maximum Gasteiger partial charge on any atom is 0.309 e. The van der Waals surface area contributed by atoms with Crippen LogP contribution in [0.5, 0.6) is 0 Å². The standard InChI is InChI=1S/C13H16O2/c1-8-5-4-6-10-9(2)12(7-11(8)10)13(14)15-3/h4-6,9,12H,7H2,1-3H3/t9-,12-/m1/s1. The Balaban J connectivity index is 2.37. The predicted molar refractivity (Wildman–Crippen MR) is 58.8 cm³/mol. The first-order valence-corrected chi connectivity index (χ1v) is 5.31. The second-order valence-electron chi connectivity index (χ2n) is 4.27. The maximum absolute atomic E-state index is 11.6. The molecule has 0 fully saturated rings. The van der Waals surface area contributed by atoms with Gasteiger partial charge in [0, 0.05) is 0 Å². The molecule has 0 unspecified atom stereocenters. The van der Waals surface area contributed by atoms with E-state index >= 15 is 0 Å². The summed E-state index contributed by atoms with van der Waals surface area (Å²) in [5.74, 6) is 0.205. The number of esters is 1. The number of carbonyl (C=O) groups excluding carboxylic acids is 1. The van der Waals surface area contributed by atoms with Crippen LogP contribution in [-0.4, -0.2) is 13.1 Å². The molecule has 80 valence electrons. The summed E-state index contributed by atoms with van der Waals surface area (Å²) in [4.78, 5) is 11.6. The third-order valence-electron chi connectivity index (χ3n) is 3.47.